The lowest BCUT2D eigenvalue weighted by Crippen LogP contribution is -2.04. The molecule has 2 rings (SSSR count). The van der Waals surface area contributed by atoms with Crippen LogP contribution >= 0.6 is 0 Å². The summed E-state index contributed by atoms with van der Waals surface area (Å²) in [5.41, 5.74) is 7.90. The molecule has 0 amide bonds. The Morgan fingerprint density at radius 2 is 1.77 bits per heavy atom. The fraction of sp³-hybridized carbons (Fsp3) is 0.0909. The first kappa shape index (κ1) is 8.08. The molecule has 0 aliphatic rings. The molecule has 2 nitrogen and oxygen atoms in total. The van der Waals surface area contributed by atoms with Crippen LogP contribution in [-0.2, 0) is 6.54 Å². The molecule has 1 heterocycles. The second kappa shape index (κ2) is 3.46. The fourth-order valence-corrected chi connectivity index (χ4v) is 1.42. The van der Waals surface area contributed by atoms with E-state index in [1.165, 1.54) is 0 Å². The van der Waals surface area contributed by atoms with Crippen molar-refractivity contribution < 1.29 is 0 Å². The number of benzene rings is 1. The quantitative estimate of drug-likeness (QED) is 0.737. The molecule has 0 fully saturated rings. The molecule has 1 aromatic heterocycles. The summed E-state index contributed by atoms with van der Waals surface area (Å²) in [5.74, 6) is 0. The van der Waals surface area contributed by atoms with Gasteiger partial charge < -0.3 is 10.3 Å². The molecule has 0 aliphatic heterocycles. The molecular weight excluding hydrogens is 160 g/mol. The fourth-order valence-electron chi connectivity index (χ4n) is 1.42. The smallest absolute Gasteiger partial charge is 0.0452 e. The Bertz CT molecular complexity index is 376. The molecule has 2 heteroatoms. The van der Waals surface area contributed by atoms with E-state index in [-0.39, 0.29) is 0 Å². The standard InChI is InChI=1S/C11H12N2/c12-9-11-7-4-8-13(11)10-5-2-1-3-6-10/h1-8H,9,12H2. The highest BCUT2D eigenvalue weighted by molar-refractivity contribution is 5.34. The lowest BCUT2D eigenvalue weighted by molar-refractivity contribution is 0.912. The molecular formula is C11H12N2. The Morgan fingerprint density at radius 3 is 2.46 bits per heavy atom. The average Bonchev–Trinajstić information content (AvgIpc) is 2.67. The summed E-state index contributed by atoms with van der Waals surface area (Å²) < 4.78 is 2.10. The number of nitrogens with two attached hydrogens (primary N) is 1. The Labute approximate surface area is 77.6 Å². The number of hydrogen-bond donors (Lipinski definition) is 1. The molecule has 2 aromatic rings. The molecule has 0 radical (unpaired) electrons. The van der Waals surface area contributed by atoms with Crippen molar-refractivity contribution in [3.8, 4) is 5.69 Å². The van der Waals surface area contributed by atoms with Crippen molar-refractivity contribution in [3.05, 3.63) is 54.4 Å². The number of hydrogen-bond acceptors (Lipinski definition) is 1. The number of aromatic nitrogens is 1. The summed E-state index contributed by atoms with van der Waals surface area (Å²) in [6.07, 6.45) is 2.03. The van der Waals surface area contributed by atoms with Crippen molar-refractivity contribution in [2.75, 3.05) is 0 Å². The van der Waals surface area contributed by atoms with Crippen LogP contribution in [0.2, 0.25) is 0 Å². The van der Waals surface area contributed by atoms with E-state index in [1.807, 2.05) is 36.5 Å². The van der Waals surface area contributed by atoms with Crippen molar-refractivity contribution in [3.63, 3.8) is 0 Å². The van der Waals surface area contributed by atoms with Gasteiger partial charge in [-0.3, -0.25) is 0 Å². The molecule has 66 valence electrons. The van der Waals surface area contributed by atoms with Gasteiger partial charge in [0.25, 0.3) is 0 Å². The summed E-state index contributed by atoms with van der Waals surface area (Å²) in [6, 6.07) is 14.2. The van der Waals surface area contributed by atoms with Crippen LogP contribution in [0, 0.1) is 0 Å². The maximum Gasteiger partial charge on any atom is 0.0452 e. The highest BCUT2D eigenvalue weighted by Gasteiger charge is 1.98. The van der Waals surface area contributed by atoms with Gasteiger partial charge in [-0.2, -0.15) is 0 Å². The second-order valence-electron chi connectivity index (χ2n) is 2.91. The van der Waals surface area contributed by atoms with E-state index in [1.54, 1.807) is 0 Å². The molecule has 0 aliphatic carbocycles. The van der Waals surface area contributed by atoms with Crippen molar-refractivity contribution in [1.29, 1.82) is 0 Å². The molecule has 0 spiro atoms. The topological polar surface area (TPSA) is 30.9 Å². The highest BCUT2D eigenvalue weighted by atomic mass is 15.0. The van der Waals surface area contributed by atoms with E-state index in [4.69, 9.17) is 5.73 Å². The molecule has 1 aromatic carbocycles. The Morgan fingerprint density at radius 1 is 1.00 bits per heavy atom. The van der Waals surface area contributed by atoms with E-state index in [9.17, 15) is 0 Å². The van der Waals surface area contributed by atoms with Crippen LogP contribution in [0.5, 0.6) is 0 Å². The van der Waals surface area contributed by atoms with Crippen LogP contribution in [0.4, 0.5) is 0 Å². The van der Waals surface area contributed by atoms with E-state index >= 15 is 0 Å². The summed E-state index contributed by atoms with van der Waals surface area (Å²) in [4.78, 5) is 0. The lowest BCUT2D eigenvalue weighted by Gasteiger charge is -2.06. The minimum absolute atomic E-state index is 0.571. The number of rotatable bonds is 2. The van der Waals surface area contributed by atoms with Gasteiger partial charge in [-0.1, -0.05) is 18.2 Å². The maximum atomic E-state index is 5.61. The van der Waals surface area contributed by atoms with Gasteiger partial charge >= 0.3 is 0 Å². The minimum atomic E-state index is 0.571. The van der Waals surface area contributed by atoms with E-state index in [0.29, 0.717) is 6.54 Å². The van der Waals surface area contributed by atoms with E-state index < -0.39 is 0 Å². The summed E-state index contributed by atoms with van der Waals surface area (Å²) in [7, 11) is 0. The zero-order chi connectivity index (χ0) is 9.10. The van der Waals surface area contributed by atoms with Crippen molar-refractivity contribution >= 4 is 0 Å². The molecule has 2 N–H and O–H groups in total. The monoisotopic (exact) mass is 172 g/mol. The van der Waals surface area contributed by atoms with Crippen molar-refractivity contribution in [1.82, 2.24) is 4.57 Å². The first-order chi connectivity index (χ1) is 6.42. The van der Waals surface area contributed by atoms with Gasteiger partial charge in [0, 0.05) is 24.1 Å². The Balaban J connectivity index is 2.47. The minimum Gasteiger partial charge on any atom is -0.325 e. The van der Waals surface area contributed by atoms with Crippen molar-refractivity contribution in [2.45, 2.75) is 6.54 Å². The molecule has 0 atom stereocenters. The van der Waals surface area contributed by atoms with Crippen LogP contribution < -0.4 is 5.73 Å². The van der Waals surface area contributed by atoms with Gasteiger partial charge in [0.2, 0.25) is 0 Å². The third kappa shape index (κ3) is 1.48. The van der Waals surface area contributed by atoms with E-state index in [2.05, 4.69) is 16.7 Å². The normalized spacial score (nSPS) is 10.2. The SMILES string of the molecule is NCc1cccn1-c1ccccc1. The molecule has 0 unspecified atom stereocenters. The molecule has 0 bridgehead atoms. The Kier molecular flexibility index (Phi) is 2.15. The molecule has 0 saturated heterocycles. The lowest BCUT2D eigenvalue weighted by atomic mass is 10.3. The summed E-state index contributed by atoms with van der Waals surface area (Å²) >= 11 is 0. The van der Waals surface area contributed by atoms with Crippen LogP contribution in [0.1, 0.15) is 5.69 Å². The highest BCUT2D eigenvalue weighted by Crippen LogP contribution is 2.11. The molecule has 0 saturated carbocycles. The third-order valence-corrected chi connectivity index (χ3v) is 2.08. The molecule has 13 heavy (non-hydrogen) atoms. The van der Waals surface area contributed by atoms with Gasteiger partial charge in [-0.15, -0.1) is 0 Å². The predicted molar refractivity (Wildman–Crippen MR) is 53.7 cm³/mol. The summed E-state index contributed by atoms with van der Waals surface area (Å²) in [5, 5.41) is 0. The van der Waals surface area contributed by atoms with Crippen molar-refractivity contribution in [2.24, 2.45) is 5.73 Å². The van der Waals surface area contributed by atoms with Gasteiger partial charge in [-0.25, -0.2) is 0 Å². The van der Waals surface area contributed by atoms with Gasteiger partial charge in [0.15, 0.2) is 0 Å². The van der Waals surface area contributed by atoms with Gasteiger partial charge in [0.1, 0.15) is 0 Å². The number of nitrogens with zero attached hydrogens (tertiary/aromatic N) is 1. The third-order valence-electron chi connectivity index (χ3n) is 2.08. The largest absolute Gasteiger partial charge is 0.325 e. The first-order valence-corrected chi connectivity index (χ1v) is 4.33. The zero-order valence-electron chi connectivity index (χ0n) is 7.35. The van der Waals surface area contributed by atoms with Crippen LogP contribution in [0.25, 0.3) is 5.69 Å². The zero-order valence-corrected chi connectivity index (χ0v) is 7.35. The predicted octanol–water partition coefficient (Wildman–Crippen LogP) is 1.94. The van der Waals surface area contributed by atoms with Gasteiger partial charge in [0.05, 0.1) is 0 Å². The van der Waals surface area contributed by atoms with Crippen LogP contribution in [-0.4, -0.2) is 4.57 Å². The van der Waals surface area contributed by atoms with E-state index in [0.717, 1.165) is 11.4 Å². The first-order valence-electron chi connectivity index (χ1n) is 4.33. The maximum absolute atomic E-state index is 5.61. The van der Waals surface area contributed by atoms with Gasteiger partial charge in [-0.05, 0) is 24.3 Å². The second-order valence-corrected chi connectivity index (χ2v) is 2.91. The summed E-state index contributed by atoms with van der Waals surface area (Å²) in [6.45, 7) is 0.571. The number of para-hydroxylation sites is 1. The van der Waals surface area contributed by atoms with Crippen LogP contribution in [0.15, 0.2) is 48.7 Å². The average molecular weight is 172 g/mol. The Hall–Kier alpha value is -1.54. The van der Waals surface area contributed by atoms with Crippen LogP contribution in [0.3, 0.4) is 0 Å².